The summed E-state index contributed by atoms with van der Waals surface area (Å²) < 4.78 is 16.8. The van der Waals surface area contributed by atoms with Crippen LogP contribution in [0.2, 0.25) is 0 Å². The quantitative estimate of drug-likeness (QED) is 0.865. The Morgan fingerprint density at radius 1 is 1.20 bits per heavy atom. The maximum atomic E-state index is 5.65. The van der Waals surface area contributed by atoms with Crippen molar-refractivity contribution in [3.8, 4) is 11.5 Å². The van der Waals surface area contributed by atoms with Crippen LogP contribution in [0.1, 0.15) is 33.6 Å². The predicted octanol–water partition coefficient (Wildman–Crippen LogP) is 3.46. The molecular weight excluding hydrogens is 254 g/mol. The first-order chi connectivity index (χ1) is 9.72. The third-order valence-corrected chi connectivity index (χ3v) is 3.40. The molecule has 1 aromatic carbocycles. The van der Waals surface area contributed by atoms with E-state index in [0.717, 1.165) is 36.6 Å². The van der Waals surface area contributed by atoms with Crippen molar-refractivity contribution >= 4 is 5.69 Å². The molecule has 1 aliphatic heterocycles. The molecule has 2 rings (SSSR count). The summed E-state index contributed by atoms with van der Waals surface area (Å²) in [6.07, 6.45) is 2.41. The van der Waals surface area contributed by atoms with Crippen molar-refractivity contribution in [3.05, 3.63) is 18.2 Å². The van der Waals surface area contributed by atoms with Gasteiger partial charge in [-0.3, -0.25) is 0 Å². The van der Waals surface area contributed by atoms with Crippen LogP contribution in [0, 0.1) is 0 Å². The standard InChI is InChI=1S/C16H25NO3/c1-4-18-15-7-6-13(11-16(15)19-5-2)17-14-8-9-20-12(3)10-14/h6-7,11-12,14,17H,4-5,8-10H2,1-3H3. The number of benzene rings is 1. The maximum Gasteiger partial charge on any atom is 0.163 e. The number of ether oxygens (including phenoxy) is 3. The number of hydrogen-bond acceptors (Lipinski definition) is 4. The number of rotatable bonds is 6. The van der Waals surface area contributed by atoms with Gasteiger partial charge < -0.3 is 19.5 Å². The molecule has 2 unspecified atom stereocenters. The van der Waals surface area contributed by atoms with E-state index in [1.165, 1.54) is 0 Å². The van der Waals surface area contributed by atoms with Crippen LogP contribution >= 0.6 is 0 Å². The smallest absolute Gasteiger partial charge is 0.163 e. The van der Waals surface area contributed by atoms with Gasteiger partial charge in [-0.25, -0.2) is 0 Å². The fourth-order valence-electron chi connectivity index (χ4n) is 2.51. The van der Waals surface area contributed by atoms with Crippen molar-refractivity contribution in [1.82, 2.24) is 0 Å². The summed E-state index contributed by atoms with van der Waals surface area (Å²) in [5.41, 5.74) is 1.08. The zero-order valence-electron chi connectivity index (χ0n) is 12.6. The molecule has 20 heavy (non-hydrogen) atoms. The Labute approximate surface area is 121 Å². The minimum absolute atomic E-state index is 0.329. The molecule has 112 valence electrons. The molecule has 0 aliphatic carbocycles. The second-order valence-corrected chi connectivity index (χ2v) is 5.07. The molecular formula is C16H25NO3. The third kappa shape index (κ3) is 4.04. The molecule has 1 aliphatic rings. The summed E-state index contributed by atoms with van der Waals surface area (Å²) in [5.74, 6) is 1.61. The predicted molar refractivity (Wildman–Crippen MR) is 80.8 cm³/mol. The Morgan fingerprint density at radius 2 is 1.95 bits per heavy atom. The second kappa shape index (κ2) is 7.39. The molecule has 0 aromatic heterocycles. The highest BCUT2D eigenvalue weighted by Crippen LogP contribution is 2.31. The van der Waals surface area contributed by atoms with Crippen LogP contribution in [0.3, 0.4) is 0 Å². The van der Waals surface area contributed by atoms with Crippen LogP contribution < -0.4 is 14.8 Å². The van der Waals surface area contributed by atoms with Gasteiger partial charge in [0.15, 0.2) is 11.5 Å². The van der Waals surface area contributed by atoms with E-state index in [1.54, 1.807) is 0 Å². The summed E-state index contributed by atoms with van der Waals surface area (Å²) >= 11 is 0. The highest BCUT2D eigenvalue weighted by molar-refractivity contribution is 5.55. The van der Waals surface area contributed by atoms with Crippen molar-refractivity contribution < 1.29 is 14.2 Å². The van der Waals surface area contributed by atoms with Crippen molar-refractivity contribution in [2.75, 3.05) is 25.1 Å². The monoisotopic (exact) mass is 279 g/mol. The van der Waals surface area contributed by atoms with Crippen LogP contribution in [0.15, 0.2) is 18.2 Å². The van der Waals surface area contributed by atoms with Gasteiger partial charge in [-0.2, -0.15) is 0 Å². The summed E-state index contributed by atoms with van der Waals surface area (Å²) in [6.45, 7) is 8.19. The van der Waals surface area contributed by atoms with Gasteiger partial charge in [0, 0.05) is 24.4 Å². The lowest BCUT2D eigenvalue weighted by molar-refractivity contribution is 0.0232. The van der Waals surface area contributed by atoms with E-state index >= 15 is 0 Å². The Kier molecular flexibility index (Phi) is 5.53. The zero-order chi connectivity index (χ0) is 14.4. The van der Waals surface area contributed by atoms with Gasteiger partial charge in [-0.15, -0.1) is 0 Å². The van der Waals surface area contributed by atoms with E-state index < -0.39 is 0 Å². The second-order valence-electron chi connectivity index (χ2n) is 5.07. The Bertz CT molecular complexity index is 422. The van der Waals surface area contributed by atoms with E-state index in [1.807, 2.05) is 32.0 Å². The van der Waals surface area contributed by atoms with Crippen LogP contribution in [0.4, 0.5) is 5.69 Å². The van der Waals surface area contributed by atoms with Gasteiger partial charge in [-0.05, 0) is 45.7 Å². The fourth-order valence-corrected chi connectivity index (χ4v) is 2.51. The largest absolute Gasteiger partial charge is 0.490 e. The molecule has 0 saturated carbocycles. The van der Waals surface area contributed by atoms with Crippen molar-refractivity contribution in [2.24, 2.45) is 0 Å². The van der Waals surface area contributed by atoms with E-state index in [2.05, 4.69) is 12.2 Å². The minimum atomic E-state index is 0.329. The van der Waals surface area contributed by atoms with Gasteiger partial charge in [0.05, 0.1) is 19.3 Å². The van der Waals surface area contributed by atoms with Gasteiger partial charge in [0.2, 0.25) is 0 Å². The van der Waals surface area contributed by atoms with Gasteiger partial charge in [0.25, 0.3) is 0 Å². The van der Waals surface area contributed by atoms with E-state index in [9.17, 15) is 0 Å². The average molecular weight is 279 g/mol. The lowest BCUT2D eigenvalue weighted by atomic mass is 10.0. The SMILES string of the molecule is CCOc1ccc(NC2CCOC(C)C2)cc1OCC. The third-order valence-electron chi connectivity index (χ3n) is 3.40. The molecule has 1 heterocycles. The first kappa shape index (κ1) is 15.0. The summed E-state index contributed by atoms with van der Waals surface area (Å²) in [6, 6.07) is 6.51. The zero-order valence-corrected chi connectivity index (χ0v) is 12.6. The number of hydrogen-bond donors (Lipinski definition) is 1. The molecule has 1 saturated heterocycles. The molecule has 1 fully saturated rings. The number of nitrogens with one attached hydrogen (secondary N) is 1. The van der Waals surface area contributed by atoms with Crippen LogP contribution in [0.5, 0.6) is 11.5 Å². The maximum absolute atomic E-state index is 5.65. The van der Waals surface area contributed by atoms with Gasteiger partial charge in [-0.1, -0.05) is 0 Å². The summed E-state index contributed by atoms with van der Waals surface area (Å²) in [7, 11) is 0. The van der Waals surface area contributed by atoms with E-state index in [0.29, 0.717) is 25.4 Å². The minimum Gasteiger partial charge on any atom is -0.490 e. The molecule has 2 atom stereocenters. The van der Waals surface area contributed by atoms with Gasteiger partial charge in [0.1, 0.15) is 0 Å². The topological polar surface area (TPSA) is 39.7 Å². The lowest BCUT2D eigenvalue weighted by Crippen LogP contribution is -2.32. The lowest BCUT2D eigenvalue weighted by Gasteiger charge is -2.29. The Morgan fingerprint density at radius 3 is 2.65 bits per heavy atom. The van der Waals surface area contributed by atoms with Crippen LogP contribution in [-0.4, -0.2) is 32.0 Å². The average Bonchev–Trinajstić information content (AvgIpc) is 2.42. The van der Waals surface area contributed by atoms with Crippen LogP contribution in [-0.2, 0) is 4.74 Å². The van der Waals surface area contributed by atoms with Gasteiger partial charge >= 0.3 is 0 Å². The molecule has 0 bridgehead atoms. The van der Waals surface area contributed by atoms with E-state index in [4.69, 9.17) is 14.2 Å². The molecule has 0 spiro atoms. The van der Waals surface area contributed by atoms with Crippen LogP contribution in [0.25, 0.3) is 0 Å². The highest BCUT2D eigenvalue weighted by Gasteiger charge is 2.19. The Hall–Kier alpha value is -1.42. The first-order valence-electron chi connectivity index (χ1n) is 7.50. The molecule has 4 heteroatoms. The van der Waals surface area contributed by atoms with Crippen molar-refractivity contribution in [1.29, 1.82) is 0 Å². The van der Waals surface area contributed by atoms with Crippen molar-refractivity contribution in [2.45, 2.75) is 45.8 Å². The molecule has 0 amide bonds. The summed E-state index contributed by atoms with van der Waals surface area (Å²) in [4.78, 5) is 0. The normalized spacial score (nSPS) is 22.4. The molecule has 1 N–H and O–H groups in total. The van der Waals surface area contributed by atoms with Crippen molar-refractivity contribution in [3.63, 3.8) is 0 Å². The Balaban J connectivity index is 2.05. The fraction of sp³-hybridized carbons (Fsp3) is 0.625. The van der Waals surface area contributed by atoms with E-state index in [-0.39, 0.29) is 0 Å². The summed E-state index contributed by atoms with van der Waals surface area (Å²) in [5, 5.41) is 3.56. The highest BCUT2D eigenvalue weighted by atomic mass is 16.5. The number of anilines is 1. The molecule has 0 radical (unpaired) electrons. The molecule has 4 nitrogen and oxygen atoms in total. The molecule has 1 aromatic rings. The first-order valence-corrected chi connectivity index (χ1v) is 7.50.